The van der Waals surface area contributed by atoms with Crippen LogP contribution in [0.1, 0.15) is 0 Å². The summed E-state index contributed by atoms with van der Waals surface area (Å²) in [6.45, 7) is 0. The summed E-state index contributed by atoms with van der Waals surface area (Å²) in [5.41, 5.74) is 0. The van der Waals surface area contributed by atoms with E-state index in [2.05, 4.69) is 5.98 Å². The molecule has 1 atom stereocenters. The van der Waals surface area contributed by atoms with Crippen LogP contribution in [0.2, 0.25) is 0 Å². The van der Waals surface area contributed by atoms with Crippen molar-refractivity contribution in [1.82, 2.24) is 0 Å². The van der Waals surface area contributed by atoms with Crippen molar-refractivity contribution in [1.29, 1.82) is 0 Å². The Bertz CT molecular complexity index is 83.7. The van der Waals surface area contributed by atoms with Gasteiger partial charge in [0.2, 0.25) is 0 Å². The van der Waals surface area contributed by atoms with Gasteiger partial charge in [0.15, 0.2) is 0 Å². The van der Waals surface area contributed by atoms with E-state index < -0.39 is 7.82 Å². The van der Waals surface area contributed by atoms with Gasteiger partial charge in [0.05, 0.1) is 0 Å². The van der Waals surface area contributed by atoms with Gasteiger partial charge >= 0.3 is 66.9 Å². The molecule has 0 saturated carbocycles. The average Bonchev–Trinajstić information content (AvgIpc) is 1.68. The van der Waals surface area contributed by atoms with Gasteiger partial charge in [0.25, 0.3) is 0 Å². The molecule has 0 bridgehead atoms. The third kappa shape index (κ3) is 4.14. The molecular formula is H3MoO4PSb. The zero-order chi connectivity index (χ0) is 5.91. The molecule has 7 heteroatoms. The molecule has 0 rings (SSSR count). The summed E-state index contributed by atoms with van der Waals surface area (Å²) in [6.07, 6.45) is 0. The van der Waals surface area contributed by atoms with E-state index in [0.717, 1.165) is 20.2 Å². The molecule has 0 radical (unpaired) electrons. The van der Waals surface area contributed by atoms with E-state index in [-0.39, 0.29) is 23.4 Å². The van der Waals surface area contributed by atoms with Crippen molar-refractivity contribution in [2.24, 2.45) is 0 Å². The van der Waals surface area contributed by atoms with Crippen molar-refractivity contribution < 1.29 is 35.6 Å². The fourth-order valence-corrected chi connectivity index (χ4v) is 2.09. The van der Waals surface area contributed by atoms with Gasteiger partial charge in [0, 0.05) is 0 Å². The SMILES string of the molecule is O=P(O)([O][Mo])[O][SbH2]. The average molecular weight is 316 g/mol. The van der Waals surface area contributed by atoms with Crippen LogP contribution in [0.4, 0.5) is 0 Å². The first kappa shape index (κ1) is 8.62. The van der Waals surface area contributed by atoms with E-state index in [1.54, 1.807) is 0 Å². The summed E-state index contributed by atoms with van der Waals surface area (Å²) in [4.78, 5) is 8.28. The minimum atomic E-state index is -3.59. The molecule has 1 N–H and O–H groups in total. The van der Waals surface area contributed by atoms with E-state index in [1.165, 1.54) is 0 Å². The molecule has 0 aliphatic rings. The summed E-state index contributed by atoms with van der Waals surface area (Å²) < 4.78 is 18.2. The fraction of sp³-hybridized carbons (Fsp3) is 0. The van der Waals surface area contributed by atoms with Crippen LogP contribution in [0.25, 0.3) is 0 Å². The second kappa shape index (κ2) is 3.61. The predicted molar refractivity (Wildman–Crippen MR) is 20.5 cm³/mol. The first-order chi connectivity index (χ1) is 3.12. The molecule has 1 unspecified atom stereocenters. The van der Waals surface area contributed by atoms with Crippen molar-refractivity contribution in [2.45, 2.75) is 0 Å². The molecule has 7 heavy (non-hydrogen) atoms. The predicted octanol–water partition coefficient (Wildman–Crippen LogP) is -0.870. The Morgan fingerprint density at radius 2 is 2.29 bits per heavy atom. The van der Waals surface area contributed by atoms with Gasteiger partial charge in [-0.3, -0.25) is 0 Å². The van der Waals surface area contributed by atoms with Crippen molar-refractivity contribution in [2.75, 3.05) is 0 Å². The van der Waals surface area contributed by atoms with Gasteiger partial charge in [-0.15, -0.1) is 0 Å². The van der Waals surface area contributed by atoms with E-state index in [1.807, 2.05) is 0 Å². The maximum absolute atomic E-state index is 10.1. The number of hydrogen-bond acceptors (Lipinski definition) is 3. The summed E-state index contributed by atoms with van der Waals surface area (Å²) in [5, 5.41) is 0. The van der Waals surface area contributed by atoms with Gasteiger partial charge in [-0.2, -0.15) is 0 Å². The van der Waals surface area contributed by atoms with Crippen LogP contribution in [0.3, 0.4) is 0 Å². The van der Waals surface area contributed by atoms with Crippen LogP contribution >= 0.6 is 7.82 Å². The molecule has 0 spiro atoms. The Morgan fingerprint density at radius 1 is 1.86 bits per heavy atom. The molecule has 0 saturated heterocycles. The first-order valence-electron chi connectivity index (χ1n) is 1.15. The van der Waals surface area contributed by atoms with E-state index in [9.17, 15) is 4.57 Å². The third-order valence-corrected chi connectivity index (χ3v) is 4.35. The molecule has 0 aromatic carbocycles. The Balaban J connectivity index is 3.61. The van der Waals surface area contributed by atoms with Gasteiger partial charge in [0.1, 0.15) is 0 Å². The minimum absolute atomic E-state index is 0.277. The zero-order valence-electron chi connectivity index (χ0n) is 3.10. The molecule has 0 amide bonds. The van der Waals surface area contributed by atoms with Crippen molar-refractivity contribution >= 4 is 31.3 Å². The molecular weight excluding hydrogens is 313 g/mol. The molecule has 0 aliphatic carbocycles. The van der Waals surface area contributed by atoms with Gasteiger partial charge in [-0.1, -0.05) is 0 Å². The maximum atomic E-state index is 10.1. The summed E-state index contributed by atoms with van der Waals surface area (Å²) >= 11 is 1.34. The van der Waals surface area contributed by atoms with E-state index in [4.69, 9.17) is 4.89 Å². The van der Waals surface area contributed by atoms with Gasteiger partial charge in [-0.25, -0.2) is 0 Å². The van der Waals surface area contributed by atoms with Crippen LogP contribution in [0.15, 0.2) is 0 Å². The van der Waals surface area contributed by atoms with E-state index >= 15 is 0 Å². The van der Waals surface area contributed by atoms with Crippen LogP contribution in [0, 0.1) is 0 Å². The van der Waals surface area contributed by atoms with E-state index in [0.29, 0.717) is 0 Å². The molecule has 0 heterocycles. The number of hydrogen-bond donors (Lipinski definition) is 1. The molecule has 0 aromatic heterocycles. The van der Waals surface area contributed by atoms with Crippen LogP contribution < -0.4 is 0 Å². The Kier molecular flexibility index (Phi) is 4.44. The third-order valence-electron chi connectivity index (χ3n) is 0.227. The molecule has 0 fully saturated rings. The van der Waals surface area contributed by atoms with Crippen LogP contribution in [-0.4, -0.2) is 28.3 Å². The Labute approximate surface area is 66.6 Å². The molecule has 0 aromatic rings. The monoisotopic (exact) mass is 317 g/mol. The number of phosphoric acid groups is 1. The molecule has 43 valence electrons. The first-order valence-corrected chi connectivity index (χ1v) is 4.81. The fourth-order valence-electron chi connectivity index (χ4n) is 0.0176. The Hall–Kier alpha value is 1.62. The van der Waals surface area contributed by atoms with Crippen LogP contribution in [0.5, 0.6) is 0 Å². The quantitative estimate of drug-likeness (QED) is 0.532. The topological polar surface area (TPSA) is 55.8 Å². The van der Waals surface area contributed by atoms with Crippen LogP contribution in [-0.2, 0) is 30.7 Å². The molecule has 4 nitrogen and oxygen atoms in total. The Morgan fingerprint density at radius 3 is 2.29 bits per heavy atom. The molecule has 0 aliphatic heterocycles. The second-order valence-electron chi connectivity index (χ2n) is 0.649. The second-order valence-corrected chi connectivity index (χ2v) is 4.85. The summed E-state index contributed by atoms with van der Waals surface area (Å²) in [5.74, 6) is 0. The zero-order valence-corrected chi connectivity index (χ0v) is 9.30. The van der Waals surface area contributed by atoms with Gasteiger partial charge in [-0.05, 0) is 0 Å². The van der Waals surface area contributed by atoms with Crippen molar-refractivity contribution in [3.8, 4) is 0 Å². The standard InChI is InChI=1S/Mo.H3O4P.Sb.2H/c;1-5(2,3)4;;;/h;(H3,1,2,3,4);;;/q+1;;+1;;/p-2. The van der Waals surface area contributed by atoms with Crippen molar-refractivity contribution in [3.05, 3.63) is 0 Å². The summed E-state index contributed by atoms with van der Waals surface area (Å²) in [7, 11) is -3.59. The van der Waals surface area contributed by atoms with Gasteiger partial charge < -0.3 is 0 Å². The summed E-state index contributed by atoms with van der Waals surface area (Å²) in [6, 6.07) is 0. The number of rotatable bonds is 2. The normalized spacial score (nSPS) is 18.6. The van der Waals surface area contributed by atoms with Crippen molar-refractivity contribution in [3.63, 3.8) is 0 Å².